The van der Waals surface area contributed by atoms with E-state index in [2.05, 4.69) is 5.32 Å². The lowest BCUT2D eigenvalue weighted by Crippen LogP contribution is -2.40. The Morgan fingerprint density at radius 2 is 1.48 bits per heavy atom. The van der Waals surface area contributed by atoms with Gasteiger partial charge >= 0.3 is 0 Å². The number of nitrogens with zero attached hydrogens (tertiary/aromatic N) is 1. The third kappa shape index (κ3) is 5.58. The van der Waals surface area contributed by atoms with Gasteiger partial charge in [-0.2, -0.15) is 0 Å². The second kappa shape index (κ2) is 9.57. The smallest absolute Gasteiger partial charge is 0.264 e. The molecule has 0 radical (unpaired) electrons. The van der Waals surface area contributed by atoms with Crippen LogP contribution in [0.2, 0.25) is 0 Å². The summed E-state index contributed by atoms with van der Waals surface area (Å²) in [6.07, 6.45) is 0. The number of hydrogen-bond donors (Lipinski definition) is 1. The van der Waals surface area contributed by atoms with Gasteiger partial charge in [0.25, 0.3) is 10.0 Å². The minimum absolute atomic E-state index is 0.0876. The number of sulfonamides is 1. The molecule has 0 fully saturated rings. The topological polar surface area (TPSA) is 83.6 Å². The van der Waals surface area contributed by atoms with Gasteiger partial charge in [0.1, 0.15) is 6.54 Å². The van der Waals surface area contributed by atoms with Crippen LogP contribution in [0.15, 0.2) is 83.8 Å². The summed E-state index contributed by atoms with van der Waals surface area (Å²) in [6.45, 7) is 3.21. The monoisotopic (exact) mass is 436 g/mol. The second-order valence-electron chi connectivity index (χ2n) is 7.19. The van der Waals surface area contributed by atoms with Crippen LogP contribution in [0, 0.1) is 6.92 Å². The number of anilines is 1. The quantitative estimate of drug-likeness (QED) is 0.546. The molecule has 0 bridgehead atoms. The maximum absolute atomic E-state index is 13.4. The van der Waals surface area contributed by atoms with Crippen molar-refractivity contribution in [2.45, 2.75) is 25.3 Å². The summed E-state index contributed by atoms with van der Waals surface area (Å²) in [7, 11) is -3.99. The average Bonchev–Trinajstić information content (AvgIpc) is 2.77. The van der Waals surface area contributed by atoms with Crippen LogP contribution in [-0.2, 0) is 21.4 Å². The number of hydrogen-bond acceptors (Lipinski definition) is 4. The molecular weight excluding hydrogens is 412 g/mol. The standard InChI is InChI=1S/C24H24N2O4S/c1-18-8-14-23(15-9-18)31(29,30)26(22-12-10-21(11-13-22)19(2)27)17-24(28)25-16-20-6-4-3-5-7-20/h3-15H,16-17H2,1-2H3,(H,25,28). The molecule has 3 aromatic rings. The molecule has 0 saturated carbocycles. The normalized spacial score (nSPS) is 11.0. The molecule has 0 aliphatic carbocycles. The highest BCUT2D eigenvalue weighted by Gasteiger charge is 2.27. The Kier molecular flexibility index (Phi) is 6.87. The van der Waals surface area contributed by atoms with Crippen molar-refractivity contribution < 1.29 is 18.0 Å². The number of benzene rings is 3. The van der Waals surface area contributed by atoms with E-state index in [1.807, 2.05) is 37.3 Å². The van der Waals surface area contributed by atoms with Crippen LogP contribution in [-0.4, -0.2) is 26.7 Å². The molecule has 6 nitrogen and oxygen atoms in total. The van der Waals surface area contributed by atoms with Gasteiger partial charge in [-0.25, -0.2) is 8.42 Å². The summed E-state index contributed by atoms with van der Waals surface area (Å²) < 4.78 is 27.8. The molecular formula is C24H24N2O4S. The molecule has 7 heteroatoms. The molecule has 0 atom stereocenters. The number of aryl methyl sites for hydroxylation is 1. The SMILES string of the molecule is CC(=O)c1ccc(N(CC(=O)NCc2ccccc2)S(=O)(=O)c2ccc(C)cc2)cc1. The van der Waals surface area contributed by atoms with Gasteiger partial charge in [-0.05, 0) is 55.8 Å². The molecule has 3 aromatic carbocycles. The van der Waals surface area contributed by atoms with Crippen molar-refractivity contribution in [1.82, 2.24) is 5.32 Å². The summed E-state index contributed by atoms with van der Waals surface area (Å²) in [5.74, 6) is -0.560. The van der Waals surface area contributed by atoms with Crippen molar-refractivity contribution in [2.75, 3.05) is 10.8 Å². The summed E-state index contributed by atoms with van der Waals surface area (Å²) >= 11 is 0. The van der Waals surface area contributed by atoms with E-state index < -0.39 is 15.9 Å². The van der Waals surface area contributed by atoms with Gasteiger partial charge in [-0.3, -0.25) is 13.9 Å². The molecule has 31 heavy (non-hydrogen) atoms. The lowest BCUT2D eigenvalue weighted by molar-refractivity contribution is -0.119. The second-order valence-corrected chi connectivity index (χ2v) is 9.05. The number of amides is 1. The van der Waals surface area contributed by atoms with E-state index in [1.165, 1.54) is 31.2 Å². The Morgan fingerprint density at radius 1 is 0.871 bits per heavy atom. The number of Topliss-reactive ketones (excluding diaryl/α,β-unsaturated/α-hetero) is 1. The molecule has 160 valence electrons. The van der Waals surface area contributed by atoms with Crippen LogP contribution in [0.25, 0.3) is 0 Å². The first-order chi connectivity index (χ1) is 14.8. The number of carbonyl (C=O) groups excluding carboxylic acids is 2. The van der Waals surface area contributed by atoms with Gasteiger partial charge in [0, 0.05) is 12.1 Å². The molecule has 0 saturated heterocycles. The van der Waals surface area contributed by atoms with Crippen molar-refractivity contribution in [2.24, 2.45) is 0 Å². The number of nitrogens with one attached hydrogen (secondary N) is 1. The van der Waals surface area contributed by atoms with Gasteiger partial charge in [-0.1, -0.05) is 48.0 Å². The molecule has 1 amide bonds. The summed E-state index contributed by atoms with van der Waals surface area (Å²) in [5.41, 5.74) is 2.61. The van der Waals surface area contributed by atoms with Crippen LogP contribution < -0.4 is 9.62 Å². The zero-order valence-corrected chi connectivity index (χ0v) is 18.2. The molecule has 1 N–H and O–H groups in total. The first kappa shape index (κ1) is 22.2. The molecule has 0 heterocycles. The minimum atomic E-state index is -3.99. The largest absolute Gasteiger partial charge is 0.350 e. The highest BCUT2D eigenvalue weighted by molar-refractivity contribution is 7.92. The van der Waals surface area contributed by atoms with Crippen molar-refractivity contribution >= 4 is 27.4 Å². The van der Waals surface area contributed by atoms with Crippen LogP contribution in [0.3, 0.4) is 0 Å². The lowest BCUT2D eigenvalue weighted by atomic mass is 10.1. The average molecular weight is 437 g/mol. The van der Waals surface area contributed by atoms with Gasteiger partial charge in [0.05, 0.1) is 10.6 Å². The van der Waals surface area contributed by atoms with E-state index in [-0.39, 0.29) is 17.2 Å². The first-order valence-electron chi connectivity index (χ1n) is 9.78. The Bertz CT molecular complexity index is 1160. The van der Waals surface area contributed by atoms with E-state index in [0.29, 0.717) is 17.8 Å². The Morgan fingerprint density at radius 3 is 2.06 bits per heavy atom. The third-order valence-electron chi connectivity index (χ3n) is 4.79. The first-order valence-corrected chi connectivity index (χ1v) is 11.2. The summed E-state index contributed by atoms with van der Waals surface area (Å²) in [6, 6.07) is 22.0. The van der Waals surface area contributed by atoms with E-state index in [9.17, 15) is 18.0 Å². The highest BCUT2D eigenvalue weighted by atomic mass is 32.2. The van der Waals surface area contributed by atoms with Gasteiger partial charge in [0.15, 0.2) is 5.78 Å². The van der Waals surface area contributed by atoms with E-state index in [4.69, 9.17) is 0 Å². The number of carbonyl (C=O) groups is 2. The molecule has 0 aromatic heterocycles. The molecule has 3 rings (SSSR count). The lowest BCUT2D eigenvalue weighted by Gasteiger charge is -2.24. The van der Waals surface area contributed by atoms with E-state index in [0.717, 1.165) is 15.4 Å². The maximum Gasteiger partial charge on any atom is 0.264 e. The van der Waals surface area contributed by atoms with E-state index in [1.54, 1.807) is 24.3 Å². The minimum Gasteiger partial charge on any atom is -0.350 e. The highest BCUT2D eigenvalue weighted by Crippen LogP contribution is 2.24. The molecule has 0 aliphatic rings. The molecule has 0 aliphatic heterocycles. The Balaban J connectivity index is 1.89. The fourth-order valence-electron chi connectivity index (χ4n) is 3.00. The van der Waals surface area contributed by atoms with Crippen molar-refractivity contribution in [3.63, 3.8) is 0 Å². The summed E-state index contributed by atoms with van der Waals surface area (Å²) in [5, 5.41) is 2.76. The predicted octanol–water partition coefficient (Wildman–Crippen LogP) is 3.71. The molecule has 0 unspecified atom stereocenters. The fraction of sp³-hybridized carbons (Fsp3) is 0.167. The molecule has 0 spiro atoms. The van der Waals surface area contributed by atoms with Gasteiger partial charge in [-0.15, -0.1) is 0 Å². The van der Waals surface area contributed by atoms with Crippen LogP contribution in [0.1, 0.15) is 28.4 Å². The summed E-state index contributed by atoms with van der Waals surface area (Å²) in [4.78, 5) is 24.3. The van der Waals surface area contributed by atoms with Crippen molar-refractivity contribution in [1.29, 1.82) is 0 Å². The van der Waals surface area contributed by atoms with Crippen LogP contribution in [0.5, 0.6) is 0 Å². The van der Waals surface area contributed by atoms with Gasteiger partial charge < -0.3 is 5.32 Å². The van der Waals surface area contributed by atoms with E-state index >= 15 is 0 Å². The zero-order valence-electron chi connectivity index (χ0n) is 17.4. The van der Waals surface area contributed by atoms with Crippen molar-refractivity contribution in [3.8, 4) is 0 Å². The Hall–Kier alpha value is -3.45. The van der Waals surface area contributed by atoms with Crippen LogP contribution in [0.4, 0.5) is 5.69 Å². The predicted molar refractivity (Wildman–Crippen MR) is 120 cm³/mol. The zero-order chi connectivity index (χ0) is 22.4. The fourth-order valence-corrected chi connectivity index (χ4v) is 4.42. The Labute approximate surface area is 182 Å². The van der Waals surface area contributed by atoms with Gasteiger partial charge in [0.2, 0.25) is 5.91 Å². The van der Waals surface area contributed by atoms with Crippen LogP contribution >= 0.6 is 0 Å². The number of rotatable bonds is 8. The third-order valence-corrected chi connectivity index (χ3v) is 6.58. The van der Waals surface area contributed by atoms with Crippen molar-refractivity contribution in [3.05, 3.63) is 95.6 Å². The number of ketones is 1. The maximum atomic E-state index is 13.4.